The SMILES string of the molecule is Cc1nn(CCO)c(N)c1[C@@]1(O)C(=O)N(Cc2ccccc2)c2ccccc21. The Labute approximate surface area is 162 Å². The average Bonchev–Trinajstić information content (AvgIpc) is 3.10. The minimum absolute atomic E-state index is 0.145. The van der Waals surface area contributed by atoms with E-state index in [9.17, 15) is 15.0 Å². The molecule has 3 aromatic rings. The average molecular weight is 378 g/mol. The summed E-state index contributed by atoms with van der Waals surface area (Å²) in [6, 6.07) is 16.8. The molecule has 0 saturated heterocycles. The van der Waals surface area contributed by atoms with Crippen LogP contribution in [0.5, 0.6) is 0 Å². The normalized spacial score (nSPS) is 18.5. The smallest absolute Gasteiger partial charge is 0.269 e. The summed E-state index contributed by atoms with van der Waals surface area (Å²) in [5, 5.41) is 25.2. The van der Waals surface area contributed by atoms with Crippen LogP contribution in [0.4, 0.5) is 11.5 Å². The number of carbonyl (C=O) groups is 1. The molecule has 0 saturated carbocycles. The van der Waals surface area contributed by atoms with Crippen molar-refractivity contribution in [1.82, 2.24) is 9.78 Å². The van der Waals surface area contributed by atoms with Gasteiger partial charge in [0.2, 0.25) is 5.60 Å². The number of benzene rings is 2. The summed E-state index contributed by atoms with van der Waals surface area (Å²) in [5.41, 5.74) is 7.12. The third kappa shape index (κ3) is 2.59. The summed E-state index contributed by atoms with van der Waals surface area (Å²) in [5.74, 6) is -0.283. The molecule has 0 fully saturated rings. The van der Waals surface area contributed by atoms with Gasteiger partial charge in [0.05, 0.1) is 36.6 Å². The molecule has 4 rings (SSSR count). The van der Waals surface area contributed by atoms with E-state index in [0.29, 0.717) is 23.5 Å². The first-order valence-corrected chi connectivity index (χ1v) is 9.10. The van der Waals surface area contributed by atoms with E-state index in [4.69, 9.17) is 5.73 Å². The highest BCUT2D eigenvalue weighted by Gasteiger charge is 2.53. The standard InChI is InChI=1S/C21H22N4O3/c1-14-18(19(22)25(23-14)11-12-26)21(28)16-9-5-6-10-17(16)24(20(21)27)13-15-7-3-2-4-8-15/h2-10,26,28H,11-13,22H2,1H3/t21-/m1/s1. The molecule has 0 radical (unpaired) electrons. The van der Waals surface area contributed by atoms with Gasteiger partial charge in [0.25, 0.3) is 5.91 Å². The maximum Gasteiger partial charge on any atom is 0.269 e. The number of aryl methyl sites for hydroxylation is 1. The Morgan fingerprint density at radius 3 is 2.50 bits per heavy atom. The lowest BCUT2D eigenvalue weighted by Crippen LogP contribution is -2.41. The maximum absolute atomic E-state index is 13.5. The fraction of sp³-hybridized carbons (Fsp3) is 0.238. The van der Waals surface area contributed by atoms with Crippen molar-refractivity contribution < 1.29 is 15.0 Å². The summed E-state index contributed by atoms with van der Waals surface area (Å²) in [7, 11) is 0. The van der Waals surface area contributed by atoms with Gasteiger partial charge in [-0.25, -0.2) is 4.68 Å². The molecular weight excluding hydrogens is 356 g/mol. The molecule has 7 heteroatoms. The largest absolute Gasteiger partial charge is 0.394 e. The van der Waals surface area contributed by atoms with Crippen LogP contribution in [0.1, 0.15) is 22.4 Å². The van der Waals surface area contributed by atoms with Crippen molar-refractivity contribution >= 4 is 17.4 Å². The molecule has 1 aliphatic rings. The van der Waals surface area contributed by atoms with Gasteiger partial charge in [0, 0.05) is 5.56 Å². The molecule has 0 unspecified atom stereocenters. The third-order valence-electron chi connectivity index (χ3n) is 5.16. The van der Waals surface area contributed by atoms with E-state index < -0.39 is 11.5 Å². The Balaban J connectivity index is 1.85. The monoisotopic (exact) mass is 378 g/mol. The molecular formula is C21H22N4O3. The van der Waals surface area contributed by atoms with E-state index in [1.165, 1.54) is 4.68 Å². The molecule has 2 aromatic carbocycles. The molecule has 7 nitrogen and oxygen atoms in total. The van der Waals surface area contributed by atoms with E-state index in [2.05, 4.69) is 5.10 Å². The van der Waals surface area contributed by atoms with Gasteiger partial charge in [-0.3, -0.25) is 4.79 Å². The molecule has 1 aromatic heterocycles. The van der Waals surface area contributed by atoms with E-state index in [0.717, 1.165) is 5.56 Å². The van der Waals surface area contributed by atoms with Crippen molar-refractivity contribution in [3.63, 3.8) is 0 Å². The predicted molar refractivity (Wildman–Crippen MR) is 106 cm³/mol. The summed E-state index contributed by atoms with van der Waals surface area (Å²) in [4.78, 5) is 15.1. The van der Waals surface area contributed by atoms with Crippen LogP contribution in [0, 0.1) is 6.92 Å². The Hall–Kier alpha value is -3.16. The van der Waals surface area contributed by atoms with Crippen LogP contribution in [0.25, 0.3) is 0 Å². The summed E-state index contributed by atoms with van der Waals surface area (Å²) in [6.45, 7) is 2.08. The number of para-hydroxylation sites is 1. The zero-order chi connectivity index (χ0) is 19.9. The number of hydrogen-bond acceptors (Lipinski definition) is 5. The lowest BCUT2D eigenvalue weighted by atomic mass is 9.87. The van der Waals surface area contributed by atoms with Crippen molar-refractivity contribution in [2.75, 3.05) is 17.2 Å². The number of nitrogens with two attached hydrogens (primary N) is 1. The number of anilines is 2. The van der Waals surface area contributed by atoms with Crippen LogP contribution in [0.15, 0.2) is 54.6 Å². The van der Waals surface area contributed by atoms with Crippen LogP contribution < -0.4 is 10.6 Å². The molecule has 1 aliphatic heterocycles. The molecule has 28 heavy (non-hydrogen) atoms. The third-order valence-corrected chi connectivity index (χ3v) is 5.16. The Kier molecular flexibility index (Phi) is 4.41. The van der Waals surface area contributed by atoms with Crippen molar-refractivity contribution in [2.45, 2.75) is 25.6 Å². The molecule has 4 N–H and O–H groups in total. The molecule has 2 heterocycles. The Morgan fingerprint density at radius 1 is 1.11 bits per heavy atom. The van der Waals surface area contributed by atoms with E-state index >= 15 is 0 Å². The summed E-state index contributed by atoms with van der Waals surface area (Å²) >= 11 is 0. The van der Waals surface area contributed by atoms with Crippen molar-refractivity contribution in [3.05, 3.63) is 77.0 Å². The second-order valence-electron chi connectivity index (χ2n) is 6.90. The number of aliphatic hydroxyl groups excluding tert-OH is 1. The van der Waals surface area contributed by atoms with Crippen molar-refractivity contribution in [2.24, 2.45) is 0 Å². The number of nitrogens with zero attached hydrogens (tertiary/aromatic N) is 3. The maximum atomic E-state index is 13.5. The minimum Gasteiger partial charge on any atom is -0.394 e. The lowest BCUT2D eigenvalue weighted by Gasteiger charge is -2.24. The van der Waals surface area contributed by atoms with Gasteiger partial charge >= 0.3 is 0 Å². The summed E-state index contributed by atoms with van der Waals surface area (Å²) in [6.07, 6.45) is 0. The van der Waals surface area contributed by atoms with Crippen molar-refractivity contribution in [3.8, 4) is 0 Å². The summed E-state index contributed by atoms with van der Waals surface area (Å²) < 4.78 is 1.42. The van der Waals surface area contributed by atoms with Crippen LogP contribution in [0.2, 0.25) is 0 Å². The highest BCUT2D eigenvalue weighted by atomic mass is 16.3. The van der Waals surface area contributed by atoms with Crippen LogP contribution >= 0.6 is 0 Å². The van der Waals surface area contributed by atoms with Gasteiger partial charge in [-0.2, -0.15) is 5.10 Å². The van der Waals surface area contributed by atoms with Gasteiger partial charge in [0.1, 0.15) is 5.82 Å². The topological polar surface area (TPSA) is 105 Å². The molecule has 0 bridgehead atoms. The van der Waals surface area contributed by atoms with E-state index in [-0.39, 0.29) is 24.5 Å². The molecule has 0 aliphatic carbocycles. The number of aliphatic hydroxyl groups is 2. The van der Waals surface area contributed by atoms with Gasteiger partial charge in [-0.1, -0.05) is 48.5 Å². The van der Waals surface area contributed by atoms with E-state index in [1.54, 1.807) is 24.0 Å². The lowest BCUT2D eigenvalue weighted by molar-refractivity contribution is -0.132. The number of amides is 1. The van der Waals surface area contributed by atoms with Crippen LogP contribution in [0.3, 0.4) is 0 Å². The van der Waals surface area contributed by atoms with E-state index in [1.807, 2.05) is 42.5 Å². The highest BCUT2D eigenvalue weighted by molar-refractivity contribution is 6.09. The first kappa shape index (κ1) is 18.2. The van der Waals surface area contributed by atoms with Crippen LogP contribution in [-0.4, -0.2) is 32.5 Å². The zero-order valence-electron chi connectivity index (χ0n) is 15.5. The molecule has 1 amide bonds. The predicted octanol–water partition coefficient (Wildman–Crippen LogP) is 1.55. The number of fused-ring (bicyclic) bond motifs is 1. The molecule has 0 spiro atoms. The molecule has 144 valence electrons. The Morgan fingerprint density at radius 2 is 1.79 bits per heavy atom. The fourth-order valence-corrected chi connectivity index (χ4v) is 3.91. The van der Waals surface area contributed by atoms with Crippen molar-refractivity contribution in [1.29, 1.82) is 0 Å². The number of aromatic nitrogens is 2. The number of hydrogen-bond donors (Lipinski definition) is 3. The van der Waals surface area contributed by atoms with Gasteiger partial charge < -0.3 is 20.8 Å². The number of rotatable bonds is 5. The van der Waals surface area contributed by atoms with Gasteiger partial charge in [0.15, 0.2) is 0 Å². The second-order valence-corrected chi connectivity index (χ2v) is 6.90. The van der Waals surface area contributed by atoms with Gasteiger partial charge in [-0.15, -0.1) is 0 Å². The number of nitrogen functional groups attached to an aromatic ring is 1. The molecule has 1 atom stereocenters. The fourth-order valence-electron chi connectivity index (χ4n) is 3.91. The zero-order valence-corrected chi connectivity index (χ0v) is 15.5. The highest BCUT2D eigenvalue weighted by Crippen LogP contribution is 2.47. The first-order valence-electron chi connectivity index (χ1n) is 9.10. The quantitative estimate of drug-likeness (QED) is 0.625. The second kappa shape index (κ2) is 6.78. The van der Waals surface area contributed by atoms with Gasteiger partial charge in [-0.05, 0) is 18.6 Å². The minimum atomic E-state index is -1.92. The Bertz CT molecular complexity index is 1030. The van der Waals surface area contributed by atoms with Crippen LogP contribution in [-0.2, 0) is 23.5 Å². The first-order chi connectivity index (χ1) is 13.5. The number of carbonyl (C=O) groups excluding carboxylic acids is 1.